The van der Waals surface area contributed by atoms with Crippen LogP contribution in [-0.2, 0) is 9.53 Å². The number of carbonyl (C=O) groups is 2. The third-order valence-corrected chi connectivity index (χ3v) is 5.48. The summed E-state index contributed by atoms with van der Waals surface area (Å²) in [7, 11) is 1.61. The summed E-state index contributed by atoms with van der Waals surface area (Å²) in [4.78, 5) is 41.0. The highest BCUT2D eigenvalue weighted by Gasteiger charge is 2.36. The molecule has 0 aliphatic carbocycles. The van der Waals surface area contributed by atoms with Gasteiger partial charge in [0.1, 0.15) is 11.3 Å². The lowest BCUT2D eigenvalue weighted by molar-refractivity contribution is -0.131. The number of aromatic nitrogens is 3. The molecule has 0 saturated carbocycles. The van der Waals surface area contributed by atoms with Crippen LogP contribution in [-0.4, -0.2) is 76.6 Å². The molecule has 1 aliphatic rings. The van der Waals surface area contributed by atoms with Crippen molar-refractivity contribution in [3.8, 4) is 0 Å². The number of fused-ring (bicyclic) bond motifs is 1. The number of carbonyl (C=O) groups excluding carboxylic acids is 2. The van der Waals surface area contributed by atoms with E-state index in [0.29, 0.717) is 48.8 Å². The predicted octanol–water partition coefficient (Wildman–Crippen LogP) is 1.73. The molecule has 9 heteroatoms. The van der Waals surface area contributed by atoms with Crippen molar-refractivity contribution in [1.82, 2.24) is 25.2 Å². The molecule has 30 heavy (non-hydrogen) atoms. The Labute approximate surface area is 176 Å². The quantitative estimate of drug-likeness (QED) is 0.669. The molecule has 2 amide bonds. The van der Waals surface area contributed by atoms with E-state index in [2.05, 4.69) is 26.8 Å². The number of nitrogens with one attached hydrogen (secondary N) is 2. The number of aromatic amines is 1. The second-order valence-corrected chi connectivity index (χ2v) is 8.09. The minimum Gasteiger partial charge on any atom is -0.383 e. The van der Waals surface area contributed by atoms with E-state index in [0.717, 1.165) is 6.42 Å². The van der Waals surface area contributed by atoms with Crippen molar-refractivity contribution >= 4 is 28.8 Å². The lowest BCUT2D eigenvalue weighted by Gasteiger charge is -2.47. The number of H-pyrrole nitrogens is 1. The average molecular weight is 415 g/mol. The molecule has 1 atom stereocenters. The Bertz CT molecular complexity index is 938. The molecule has 0 radical (unpaired) electrons. The van der Waals surface area contributed by atoms with Crippen LogP contribution in [0.25, 0.3) is 11.2 Å². The van der Waals surface area contributed by atoms with E-state index in [-0.39, 0.29) is 23.4 Å². The predicted molar refractivity (Wildman–Crippen MR) is 116 cm³/mol. The zero-order chi connectivity index (χ0) is 21.9. The van der Waals surface area contributed by atoms with Crippen molar-refractivity contribution in [2.24, 2.45) is 0 Å². The molecule has 1 fully saturated rings. The van der Waals surface area contributed by atoms with E-state index >= 15 is 0 Å². The SMILES string of the molecule is C=CC(=O)N1CCN(c2cnc3[nH]cc(C(=O)NC(CC)COC)c3n2)CC1(C)C. The molecule has 3 rings (SSSR count). The molecule has 3 heterocycles. The van der Waals surface area contributed by atoms with E-state index in [1.54, 1.807) is 19.5 Å². The fourth-order valence-electron chi connectivity index (χ4n) is 3.80. The molecule has 0 aromatic carbocycles. The highest BCUT2D eigenvalue weighted by Crippen LogP contribution is 2.26. The minimum absolute atomic E-state index is 0.0696. The van der Waals surface area contributed by atoms with Gasteiger partial charge >= 0.3 is 0 Å². The number of hydrogen-bond donors (Lipinski definition) is 2. The zero-order valence-electron chi connectivity index (χ0n) is 18.1. The van der Waals surface area contributed by atoms with Gasteiger partial charge in [0, 0.05) is 32.9 Å². The van der Waals surface area contributed by atoms with Gasteiger partial charge in [0.05, 0.1) is 29.9 Å². The fraction of sp³-hybridized carbons (Fsp3) is 0.524. The number of amides is 2. The first-order valence-corrected chi connectivity index (χ1v) is 10.1. The number of piperazine rings is 1. The van der Waals surface area contributed by atoms with Crippen molar-refractivity contribution < 1.29 is 14.3 Å². The summed E-state index contributed by atoms with van der Waals surface area (Å²) in [5.74, 6) is 0.393. The summed E-state index contributed by atoms with van der Waals surface area (Å²) in [6.07, 6.45) is 5.44. The fourth-order valence-corrected chi connectivity index (χ4v) is 3.80. The average Bonchev–Trinajstić information content (AvgIpc) is 3.15. The summed E-state index contributed by atoms with van der Waals surface area (Å²) >= 11 is 0. The molecule has 1 aliphatic heterocycles. The van der Waals surface area contributed by atoms with Crippen LogP contribution in [0.15, 0.2) is 25.0 Å². The summed E-state index contributed by atoms with van der Waals surface area (Å²) < 4.78 is 5.16. The maximum atomic E-state index is 12.8. The first kappa shape index (κ1) is 21.8. The van der Waals surface area contributed by atoms with Gasteiger partial charge in [0.25, 0.3) is 5.91 Å². The molecular formula is C21H30N6O3. The Kier molecular flexibility index (Phi) is 6.40. The van der Waals surface area contributed by atoms with Gasteiger partial charge in [-0.05, 0) is 26.3 Å². The van der Waals surface area contributed by atoms with Crippen molar-refractivity contribution in [2.45, 2.75) is 38.8 Å². The molecular weight excluding hydrogens is 384 g/mol. The molecule has 1 unspecified atom stereocenters. The van der Waals surface area contributed by atoms with Crippen LogP contribution in [0.5, 0.6) is 0 Å². The van der Waals surface area contributed by atoms with Crippen LogP contribution in [0.3, 0.4) is 0 Å². The third kappa shape index (κ3) is 4.30. The molecule has 2 N–H and O–H groups in total. The lowest BCUT2D eigenvalue weighted by Crippen LogP contribution is -2.61. The molecule has 0 spiro atoms. The van der Waals surface area contributed by atoms with Gasteiger partial charge in [-0.15, -0.1) is 0 Å². The van der Waals surface area contributed by atoms with Gasteiger partial charge in [-0.3, -0.25) is 9.59 Å². The van der Waals surface area contributed by atoms with Gasteiger partial charge in [0.2, 0.25) is 5.91 Å². The highest BCUT2D eigenvalue weighted by atomic mass is 16.5. The van der Waals surface area contributed by atoms with Gasteiger partial charge in [-0.2, -0.15) is 0 Å². The van der Waals surface area contributed by atoms with Crippen molar-refractivity contribution in [2.75, 3.05) is 38.3 Å². The molecule has 0 bridgehead atoms. The summed E-state index contributed by atoms with van der Waals surface area (Å²) in [6, 6.07) is -0.0696. The number of rotatable bonds is 7. The molecule has 2 aromatic rings. The second-order valence-electron chi connectivity index (χ2n) is 8.09. The van der Waals surface area contributed by atoms with Gasteiger partial charge in [-0.25, -0.2) is 9.97 Å². The Morgan fingerprint density at radius 3 is 2.83 bits per heavy atom. The number of hydrogen-bond acceptors (Lipinski definition) is 6. The largest absolute Gasteiger partial charge is 0.383 e. The van der Waals surface area contributed by atoms with E-state index in [1.165, 1.54) is 6.08 Å². The maximum absolute atomic E-state index is 12.8. The number of methoxy groups -OCH3 is 1. The Balaban J connectivity index is 1.84. The summed E-state index contributed by atoms with van der Waals surface area (Å²) in [5.41, 5.74) is 1.16. The van der Waals surface area contributed by atoms with Crippen molar-refractivity contribution in [3.63, 3.8) is 0 Å². The summed E-state index contributed by atoms with van der Waals surface area (Å²) in [5, 5.41) is 2.98. The van der Waals surface area contributed by atoms with Crippen LogP contribution in [0, 0.1) is 0 Å². The molecule has 162 valence electrons. The molecule has 2 aromatic heterocycles. The Morgan fingerprint density at radius 2 is 2.20 bits per heavy atom. The summed E-state index contributed by atoms with van der Waals surface area (Å²) in [6.45, 7) is 11.9. The Hall–Kier alpha value is -2.94. The zero-order valence-corrected chi connectivity index (χ0v) is 18.1. The monoisotopic (exact) mass is 414 g/mol. The lowest BCUT2D eigenvalue weighted by atomic mass is 9.98. The number of anilines is 1. The van der Waals surface area contributed by atoms with Crippen LogP contribution in [0.1, 0.15) is 37.6 Å². The van der Waals surface area contributed by atoms with Crippen LogP contribution < -0.4 is 10.2 Å². The van der Waals surface area contributed by atoms with Gasteiger partial charge in [-0.1, -0.05) is 13.5 Å². The van der Waals surface area contributed by atoms with E-state index in [9.17, 15) is 9.59 Å². The normalized spacial score (nSPS) is 17.1. The standard InChI is InChI=1S/C21H30N6O3/c1-6-14(12-30-5)24-20(29)15-10-22-19-18(15)25-16(11-23-19)26-8-9-27(17(28)7-2)21(3,4)13-26/h7,10-11,14H,2,6,8-9,12-13H2,1,3-5H3,(H,22,23)(H,24,29). The van der Waals surface area contributed by atoms with Crippen molar-refractivity contribution in [1.29, 1.82) is 0 Å². The molecule has 1 saturated heterocycles. The first-order chi connectivity index (χ1) is 14.3. The molecule has 9 nitrogen and oxygen atoms in total. The van der Waals surface area contributed by atoms with E-state index in [4.69, 9.17) is 9.72 Å². The smallest absolute Gasteiger partial charge is 0.255 e. The van der Waals surface area contributed by atoms with E-state index in [1.807, 2.05) is 25.7 Å². The highest BCUT2D eigenvalue weighted by molar-refractivity contribution is 6.04. The number of ether oxygens (including phenoxy) is 1. The first-order valence-electron chi connectivity index (χ1n) is 10.1. The van der Waals surface area contributed by atoms with Crippen LogP contribution in [0.4, 0.5) is 5.82 Å². The van der Waals surface area contributed by atoms with Crippen molar-refractivity contribution in [3.05, 3.63) is 30.6 Å². The van der Waals surface area contributed by atoms with E-state index < -0.39 is 0 Å². The minimum atomic E-state index is -0.382. The van der Waals surface area contributed by atoms with Crippen LogP contribution >= 0.6 is 0 Å². The van der Waals surface area contributed by atoms with Gasteiger partial charge in [0.15, 0.2) is 5.65 Å². The Morgan fingerprint density at radius 1 is 1.43 bits per heavy atom. The maximum Gasteiger partial charge on any atom is 0.255 e. The second kappa shape index (κ2) is 8.83. The number of nitrogens with zero attached hydrogens (tertiary/aromatic N) is 4. The third-order valence-electron chi connectivity index (χ3n) is 5.48. The van der Waals surface area contributed by atoms with Crippen LogP contribution in [0.2, 0.25) is 0 Å². The topological polar surface area (TPSA) is 103 Å². The van der Waals surface area contributed by atoms with Gasteiger partial charge < -0.3 is 24.8 Å².